The van der Waals surface area contributed by atoms with Gasteiger partial charge in [-0.1, -0.05) is 20.8 Å². The number of nitrogens with zero attached hydrogens (tertiary/aromatic N) is 2. The molecule has 1 unspecified atom stereocenters. The van der Waals surface area contributed by atoms with Crippen molar-refractivity contribution in [2.45, 2.75) is 45.3 Å². The van der Waals surface area contributed by atoms with Gasteiger partial charge >= 0.3 is 0 Å². The molecule has 0 saturated heterocycles. The summed E-state index contributed by atoms with van der Waals surface area (Å²) < 4.78 is 13.2. The van der Waals surface area contributed by atoms with E-state index >= 15 is 0 Å². The summed E-state index contributed by atoms with van der Waals surface area (Å²) in [6.45, 7) is 8.91. The van der Waals surface area contributed by atoms with Crippen LogP contribution >= 0.6 is 0 Å². The van der Waals surface area contributed by atoms with E-state index in [1.54, 1.807) is 13.3 Å². The topological polar surface area (TPSA) is 68.5 Å². The average Bonchev–Trinajstić information content (AvgIpc) is 3.12. The first-order chi connectivity index (χ1) is 12.4. The molecule has 0 bridgehead atoms. The predicted octanol–water partition coefficient (Wildman–Crippen LogP) is 2.61. The zero-order valence-corrected chi connectivity index (χ0v) is 16.2. The van der Waals surface area contributed by atoms with Crippen molar-refractivity contribution in [3.8, 4) is 11.5 Å². The lowest BCUT2D eigenvalue weighted by atomic mass is 9.86. The Morgan fingerprint density at radius 3 is 2.77 bits per heavy atom. The van der Waals surface area contributed by atoms with E-state index in [1.807, 2.05) is 35.3 Å². The van der Waals surface area contributed by atoms with Crippen molar-refractivity contribution in [1.29, 1.82) is 0 Å². The van der Waals surface area contributed by atoms with Gasteiger partial charge in [0.2, 0.25) is 0 Å². The Morgan fingerprint density at radius 2 is 2.12 bits per heavy atom. The molecule has 0 aliphatic heterocycles. The van der Waals surface area contributed by atoms with Gasteiger partial charge in [0.15, 0.2) is 0 Å². The molecule has 1 aromatic carbocycles. The Kier molecular flexibility index (Phi) is 7.48. The minimum atomic E-state index is -0.557. The molecule has 0 aliphatic rings. The van der Waals surface area contributed by atoms with E-state index in [0.29, 0.717) is 6.54 Å². The number of hydrogen-bond acceptors (Lipinski definition) is 5. The number of methoxy groups -OCH3 is 1. The molecule has 0 aliphatic carbocycles. The van der Waals surface area contributed by atoms with Crippen molar-refractivity contribution < 1.29 is 14.6 Å². The molecule has 1 heterocycles. The van der Waals surface area contributed by atoms with Crippen molar-refractivity contribution in [3.63, 3.8) is 0 Å². The third kappa shape index (κ3) is 6.35. The van der Waals surface area contributed by atoms with Gasteiger partial charge in [-0.05, 0) is 36.6 Å². The van der Waals surface area contributed by atoms with Gasteiger partial charge in [-0.25, -0.2) is 4.98 Å². The largest absolute Gasteiger partial charge is 0.497 e. The fourth-order valence-corrected chi connectivity index (χ4v) is 2.67. The van der Waals surface area contributed by atoms with Crippen LogP contribution in [0.4, 0.5) is 0 Å². The van der Waals surface area contributed by atoms with Gasteiger partial charge in [-0.2, -0.15) is 0 Å². The summed E-state index contributed by atoms with van der Waals surface area (Å²) in [5.41, 5.74) is 0.998. The molecule has 144 valence electrons. The smallest absolute Gasteiger partial charge is 0.123 e. The molecule has 0 radical (unpaired) electrons. The number of aromatic nitrogens is 2. The van der Waals surface area contributed by atoms with Crippen molar-refractivity contribution in [2.24, 2.45) is 0 Å². The van der Waals surface area contributed by atoms with Crippen LogP contribution < -0.4 is 14.8 Å². The average molecular weight is 361 g/mol. The molecule has 0 saturated carbocycles. The quantitative estimate of drug-likeness (QED) is 0.637. The molecule has 0 amide bonds. The molecule has 2 rings (SSSR count). The maximum absolute atomic E-state index is 10.2. The summed E-state index contributed by atoms with van der Waals surface area (Å²) in [7, 11) is 1.66. The van der Waals surface area contributed by atoms with Gasteiger partial charge < -0.3 is 24.5 Å². The third-order valence-corrected chi connectivity index (χ3v) is 4.13. The van der Waals surface area contributed by atoms with Crippen molar-refractivity contribution in [2.75, 3.05) is 26.8 Å². The summed E-state index contributed by atoms with van der Waals surface area (Å²) in [5.74, 6) is 1.60. The van der Waals surface area contributed by atoms with Crippen LogP contribution in [0.2, 0.25) is 0 Å². The van der Waals surface area contributed by atoms with Crippen molar-refractivity contribution in [1.82, 2.24) is 14.9 Å². The standard InChI is InChI=1S/C20H31N3O3/c1-20(2,3)18-12-17(25-4)6-7-19(18)26-14-16(24)13-21-8-5-10-23-11-9-22-15-23/h6-7,9,11-12,15-16,21,24H,5,8,10,13-14H2,1-4H3. The SMILES string of the molecule is COc1ccc(OCC(O)CNCCCn2ccnc2)c(C(C)(C)C)c1. The second-order valence-corrected chi connectivity index (χ2v) is 7.44. The normalized spacial score (nSPS) is 12.8. The van der Waals surface area contributed by atoms with Crippen LogP contribution in [0.1, 0.15) is 32.8 Å². The van der Waals surface area contributed by atoms with Gasteiger partial charge in [-0.3, -0.25) is 0 Å². The maximum Gasteiger partial charge on any atom is 0.123 e. The zero-order chi connectivity index (χ0) is 19.0. The molecule has 26 heavy (non-hydrogen) atoms. The fraction of sp³-hybridized carbons (Fsp3) is 0.550. The second kappa shape index (κ2) is 9.59. The Balaban J connectivity index is 1.75. The van der Waals surface area contributed by atoms with Gasteiger partial charge in [0, 0.05) is 31.0 Å². The van der Waals surface area contributed by atoms with Crippen molar-refractivity contribution in [3.05, 3.63) is 42.5 Å². The maximum atomic E-state index is 10.2. The lowest BCUT2D eigenvalue weighted by molar-refractivity contribution is 0.105. The zero-order valence-electron chi connectivity index (χ0n) is 16.2. The van der Waals surface area contributed by atoms with Crippen LogP contribution in [0.3, 0.4) is 0 Å². The lowest BCUT2D eigenvalue weighted by Gasteiger charge is -2.24. The molecule has 2 aromatic rings. The van der Waals surface area contributed by atoms with Crippen LogP contribution in [-0.4, -0.2) is 47.6 Å². The van der Waals surface area contributed by atoms with Gasteiger partial charge in [0.05, 0.1) is 13.4 Å². The molecule has 0 fully saturated rings. The highest BCUT2D eigenvalue weighted by Crippen LogP contribution is 2.34. The minimum absolute atomic E-state index is 0.0690. The summed E-state index contributed by atoms with van der Waals surface area (Å²) >= 11 is 0. The number of rotatable bonds is 10. The molecule has 6 nitrogen and oxygen atoms in total. The minimum Gasteiger partial charge on any atom is -0.497 e. The number of hydrogen-bond donors (Lipinski definition) is 2. The number of aryl methyl sites for hydroxylation is 1. The number of nitrogens with one attached hydrogen (secondary N) is 1. The third-order valence-electron chi connectivity index (χ3n) is 4.13. The second-order valence-electron chi connectivity index (χ2n) is 7.44. The fourth-order valence-electron chi connectivity index (χ4n) is 2.67. The molecule has 2 N–H and O–H groups in total. The van der Waals surface area contributed by atoms with Gasteiger partial charge in [-0.15, -0.1) is 0 Å². The van der Waals surface area contributed by atoms with Crippen LogP contribution in [0, 0.1) is 0 Å². The molecule has 6 heteroatoms. The summed E-state index contributed by atoms with van der Waals surface area (Å²) in [6, 6.07) is 5.78. The summed E-state index contributed by atoms with van der Waals surface area (Å²) in [4.78, 5) is 4.02. The molecule has 0 spiro atoms. The number of imidazole rings is 1. The Hall–Kier alpha value is -2.05. The number of ether oxygens (including phenoxy) is 2. The van der Waals surface area contributed by atoms with E-state index in [-0.39, 0.29) is 12.0 Å². The number of aliphatic hydroxyl groups excluding tert-OH is 1. The number of benzene rings is 1. The van der Waals surface area contributed by atoms with Gasteiger partial charge in [0.1, 0.15) is 24.2 Å². The first-order valence-corrected chi connectivity index (χ1v) is 9.06. The van der Waals surface area contributed by atoms with E-state index in [4.69, 9.17) is 9.47 Å². The monoisotopic (exact) mass is 361 g/mol. The summed E-state index contributed by atoms with van der Waals surface area (Å²) in [6.07, 6.45) is 5.96. The summed E-state index contributed by atoms with van der Waals surface area (Å²) in [5, 5.41) is 13.4. The lowest BCUT2D eigenvalue weighted by Crippen LogP contribution is -2.32. The molecular formula is C20H31N3O3. The van der Waals surface area contributed by atoms with E-state index in [0.717, 1.165) is 36.6 Å². The van der Waals surface area contributed by atoms with E-state index < -0.39 is 6.10 Å². The predicted molar refractivity (Wildman–Crippen MR) is 103 cm³/mol. The highest BCUT2D eigenvalue weighted by molar-refractivity contribution is 5.44. The van der Waals surface area contributed by atoms with Gasteiger partial charge in [0.25, 0.3) is 0 Å². The van der Waals surface area contributed by atoms with E-state index in [2.05, 4.69) is 31.1 Å². The molecule has 1 atom stereocenters. The highest BCUT2D eigenvalue weighted by atomic mass is 16.5. The molecular weight excluding hydrogens is 330 g/mol. The van der Waals surface area contributed by atoms with E-state index in [9.17, 15) is 5.11 Å². The first-order valence-electron chi connectivity index (χ1n) is 9.06. The Labute approximate surface area is 156 Å². The highest BCUT2D eigenvalue weighted by Gasteiger charge is 2.20. The van der Waals surface area contributed by atoms with Crippen molar-refractivity contribution >= 4 is 0 Å². The van der Waals surface area contributed by atoms with E-state index in [1.165, 1.54) is 0 Å². The Bertz CT molecular complexity index is 651. The first kappa shape index (κ1) is 20.3. The van der Waals surface area contributed by atoms with Crippen LogP contribution in [0.25, 0.3) is 0 Å². The molecule has 1 aromatic heterocycles. The van der Waals surface area contributed by atoms with Crippen LogP contribution in [-0.2, 0) is 12.0 Å². The number of aliphatic hydroxyl groups is 1. The Morgan fingerprint density at radius 1 is 1.31 bits per heavy atom. The van der Waals surface area contributed by atoms with Crippen LogP contribution in [0.5, 0.6) is 11.5 Å². The van der Waals surface area contributed by atoms with Crippen LogP contribution in [0.15, 0.2) is 36.9 Å².